The molecule has 0 aromatic heterocycles. The lowest BCUT2D eigenvalue weighted by atomic mass is 9.99. The van der Waals surface area contributed by atoms with E-state index in [4.69, 9.17) is 18.9 Å². The summed E-state index contributed by atoms with van der Waals surface area (Å²) in [5.41, 5.74) is 0. The largest absolute Gasteiger partial charge is 0.462 e. The van der Waals surface area contributed by atoms with Crippen LogP contribution in [0, 0.1) is 0 Å². The fourth-order valence-corrected chi connectivity index (χ4v) is 6.48. The molecule has 0 aromatic rings. The second kappa shape index (κ2) is 40.0. The van der Waals surface area contributed by atoms with Gasteiger partial charge in [-0.3, -0.25) is 9.59 Å². The van der Waals surface area contributed by atoms with Gasteiger partial charge < -0.3 is 39.4 Å². The average molecular weight is 843 g/mol. The third kappa shape index (κ3) is 30.8. The maximum Gasteiger partial charge on any atom is 0.306 e. The quantitative estimate of drug-likeness (QED) is 0.0206. The molecule has 342 valence electrons. The van der Waals surface area contributed by atoms with E-state index >= 15 is 0 Å². The number of hydrogen-bond acceptors (Lipinski definition) is 10. The molecule has 0 radical (unpaired) electrons. The van der Waals surface area contributed by atoms with Crippen LogP contribution in [0.25, 0.3) is 0 Å². The lowest BCUT2D eigenvalue weighted by Crippen LogP contribution is -2.59. The number of carbonyl (C=O) groups is 2. The smallest absolute Gasteiger partial charge is 0.306 e. The molecule has 0 spiro atoms. The average Bonchev–Trinajstić information content (AvgIpc) is 3.25. The van der Waals surface area contributed by atoms with Gasteiger partial charge in [0.1, 0.15) is 31.0 Å². The van der Waals surface area contributed by atoms with Gasteiger partial charge in [0.2, 0.25) is 0 Å². The Morgan fingerprint density at radius 2 is 1.07 bits per heavy atom. The zero-order chi connectivity index (χ0) is 43.7. The van der Waals surface area contributed by atoms with Crippen LogP contribution in [0.15, 0.2) is 85.1 Å². The highest BCUT2D eigenvalue weighted by Gasteiger charge is 2.44. The summed E-state index contributed by atoms with van der Waals surface area (Å²) in [5.74, 6) is -0.909. The summed E-state index contributed by atoms with van der Waals surface area (Å²) in [7, 11) is 0. The highest BCUT2D eigenvalue weighted by molar-refractivity contribution is 5.70. The van der Waals surface area contributed by atoms with E-state index < -0.39 is 55.4 Å². The fraction of sp³-hybridized carbons (Fsp3) is 0.680. The molecule has 1 aliphatic heterocycles. The molecule has 4 N–H and O–H groups in total. The minimum Gasteiger partial charge on any atom is -0.462 e. The number of aliphatic hydroxyl groups excluding tert-OH is 4. The monoisotopic (exact) mass is 843 g/mol. The Hall–Kier alpha value is -3.12. The number of rotatable bonds is 37. The van der Waals surface area contributed by atoms with Crippen LogP contribution < -0.4 is 0 Å². The summed E-state index contributed by atoms with van der Waals surface area (Å²) < 4.78 is 22.1. The van der Waals surface area contributed by atoms with Crippen molar-refractivity contribution in [2.45, 2.75) is 198 Å². The van der Waals surface area contributed by atoms with Crippen molar-refractivity contribution in [2.75, 3.05) is 19.8 Å². The van der Waals surface area contributed by atoms with Crippen molar-refractivity contribution in [1.82, 2.24) is 0 Å². The number of ether oxygens (including phenoxy) is 4. The van der Waals surface area contributed by atoms with Gasteiger partial charge in [-0.2, -0.15) is 0 Å². The molecule has 0 saturated carbocycles. The number of allylic oxidation sites excluding steroid dienone is 14. The van der Waals surface area contributed by atoms with E-state index in [9.17, 15) is 30.0 Å². The minimum absolute atomic E-state index is 0.127. The first-order valence-electron chi connectivity index (χ1n) is 23.2. The predicted octanol–water partition coefficient (Wildman–Crippen LogP) is 10.2. The van der Waals surface area contributed by atoms with Crippen LogP contribution in [0.2, 0.25) is 0 Å². The van der Waals surface area contributed by atoms with Crippen LogP contribution in [0.4, 0.5) is 0 Å². The Balaban J connectivity index is 2.33. The van der Waals surface area contributed by atoms with Gasteiger partial charge in [-0.25, -0.2) is 0 Å². The molecule has 1 fully saturated rings. The van der Waals surface area contributed by atoms with Crippen molar-refractivity contribution in [2.24, 2.45) is 0 Å². The molecule has 0 aliphatic carbocycles. The van der Waals surface area contributed by atoms with E-state index in [0.29, 0.717) is 19.3 Å². The molecule has 6 atom stereocenters. The first kappa shape index (κ1) is 54.9. The van der Waals surface area contributed by atoms with Gasteiger partial charge in [0.25, 0.3) is 0 Å². The first-order valence-corrected chi connectivity index (χ1v) is 23.2. The molecule has 10 heteroatoms. The lowest BCUT2D eigenvalue weighted by molar-refractivity contribution is -0.305. The molecule has 3 unspecified atom stereocenters. The summed E-state index contributed by atoms with van der Waals surface area (Å²) >= 11 is 0. The molecule has 0 amide bonds. The van der Waals surface area contributed by atoms with Crippen molar-refractivity contribution >= 4 is 11.9 Å². The third-order valence-corrected chi connectivity index (χ3v) is 10.1. The predicted molar refractivity (Wildman–Crippen MR) is 242 cm³/mol. The number of unbranched alkanes of at least 4 members (excludes halogenated alkanes) is 16. The van der Waals surface area contributed by atoms with Gasteiger partial charge in [0.15, 0.2) is 12.4 Å². The highest BCUT2D eigenvalue weighted by atomic mass is 16.7. The molecule has 1 rings (SSSR count). The fourth-order valence-electron chi connectivity index (χ4n) is 6.48. The lowest BCUT2D eigenvalue weighted by Gasteiger charge is -2.39. The second-order valence-electron chi connectivity index (χ2n) is 15.6. The number of aliphatic hydroxyl groups is 4. The Bertz CT molecular complexity index is 1250. The summed E-state index contributed by atoms with van der Waals surface area (Å²) in [6.45, 7) is 3.18. The van der Waals surface area contributed by atoms with Crippen molar-refractivity contribution in [3.8, 4) is 0 Å². The molecule has 1 heterocycles. The SMILES string of the molecule is CC/C=C/C=C/C=C/C=C/C=C/CCCC(=O)OC(COC(=O)CCCCCCCCC/C=C/C/C=C/CCCCCCCCCC)CO[C@H]1O[C@@H](CO)[C@@H](O)C(O)C1O. The molecule has 10 nitrogen and oxygen atoms in total. The molecule has 1 aliphatic rings. The zero-order valence-electron chi connectivity index (χ0n) is 37.2. The van der Waals surface area contributed by atoms with E-state index in [2.05, 4.69) is 44.2 Å². The number of carbonyl (C=O) groups excluding carboxylic acids is 2. The van der Waals surface area contributed by atoms with Gasteiger partial charge >= 0.3 is 11.9 Å². The Morgan fingerprint density at radius 3 is 1.65 bits per heavy atom. The summed E-state index contributed by atoms with van der Waals surface area (Å²) in [6.07, 6.45) is 44.7. The molecule has 1 saturated heterocycles. The van der Waals surface area contributed by atoms with Crippen molar-refractivity contribution in [3.05, 3.63) is 85.1 Å². The summed E-state index contributed by atoms with van der Waals surface area (Å²) in [5, 5.41) is 40.1. The number of esters is 2. The van der Waals surface area contributed by atoms with Crippen molar-refractivity contribution < 1.29 is 49.0 Å². The van der Waals surface area contributed by atoms with Crippen LogP contribution in [0.1, 0.15) is 162 Å². The minimum atomic E-state index is -1.61. The molecule has 60 heavy (non-hydrogen) atoms. The van der Waals surface area contributed by atoms with Gasteiger partial charge in [0, 0.05) is 12.8 Å². The normalized spacial score (nSPS) is 20.7. The second-order valence-corrected chi connectivity index (χ2v) is 15.6. The molecular weight excluding hydrogens is 761 g/mol. The molecule has 0 aromatic carbocycles. The van der Waals surface area contributed by atoms with E-state index in [1.54, 1.807) is 0 Å². The van der Waals surface area contributed by atoms with Crippen molar-refractivity contribution in [3.63, 3.8) is 0 Å². The van der Waals surface area contributed by atoms with Gasteiger partial charge in [0.05, 0.1) is 13.2 Å². The van der Waals surface area contributed by atoms with E-state index in [0.717, 1.165) is 38.5 Å². The molecule has 0 bridgehead atoms. The summed E-state index contributed by atoms with van der Waals surface area (Å²) in [6, 6.07) is 0. The van der Waals surface area contributed by atoms with Crippen LogP contribution >= 0.6 is 0 Å². The van der Waals surface area contributed by atoms with Gasteiger partial charge in [-0.1, -0.05) is 176 Å². The Labute approximate surface area is 363 Å². The Kier molecular flexibility index (Phi) is 36.6. The maximum absolute atomic E-state index is 12.7. The van der Waals surface area contributed by atoms with Crippen molar-refractivity contribution in [1.29, 1.82) is 0 Å². The van der Waals surface area contributed by atoms with E-state index in [1.807, 2.05) is 54.7 Å². The van der Waals surface area contributed by atoms with Crippen LogP contribution in [-0.4, -0.2) is 89.0 Å². The first-order chi connectivity index (χ1) is 29.3. The van der Waals surface area contributed by atoms with Gasteiger partial charge in [-0.05, 0) is 57.8 Å². The third-order valence-electron chi connectivity index (χ3n) is 10.1. The standard InChI is InChI=1S/C50H82O10/c1-3-5-7-9-11-13-15-17-18-19-20-21-22-23-24-25-27-28-30-32-34-36-38-45(52)57-41-43(42-58-50-49(56)48(55)47(54)44(40-51)60-50)59-46(53)39-37-35-33-31-29-26-16-14-12-10-8-6-4-2/h6,8,10,12,14,16,19-20,22-23,26,29,31,33,43-44,47-51,54-56H,3-5,7,9,11,13,15,17-18,21,24-25,27-28,30,32,34-42H2,1-2H3/b8-6+,12-10+,16-14+,20-19+,23-22+,29-26+,33-31+/t43?,44-,47+,48?,49?,50-/m0/s1. The maximum atomic E-state index is 12.7. The van der Waals surface area contributed by atoms with Crippen LogP contribution in [-0.2, 0) is 28.5 Å². The van der Waals surface area contributed by atoms with E-state index in [1.165, 1.54) is 77.0 Å². The highest BCUT2D eigenvalue weighted by Crippen LogP contribution is 2.22. The zero-order valence-corrected chi connectivity index (χ0v) is 37.2. The Morgan fingerprint density at radius 1 is 0.550 bits per heavy atom. The van der Waals surface area contributed by atoms with Gasteiger partial charge in [-0.15, -0.1) is 0 Å². The van der Waals surface area contributed by atoms with E-state index in [-0.39, 0.29) is 26.1 Å². The van der Waals surface area contributed by atoms with Crippen LogP contribution in [0.5, 0.6) is 0 Å². The topological polar surface area (TPSA) is 152 Å². The number of hydrogen-bond donors (Lipinski definition) is 4. The summed E-state index contributed by atoms with van der Waals surface area (Å²) in [4.78, 5) is 25.3. The van der Waals surface area contributed by atoms with Crippen LogP contribution in [0.3, 0.4) is 0 Å². The molecular formula is C50H82O10.